The quantitative estimate of drug-likeness (QED) is 0.424. The second-order valence-electron chi connectivity index (χ2n) is 4.62. The van der Waals surface area contributed by atoms with Crippen molar-refractivity contribution < 1.29 is 9.53 Å². The third-order valence-electron chi connectivity index (χ3n) is 3.07. The lowest BCUT2D eigenvalue weighted by Crippen LogP contribution is -2.23. The van der Waals surface area contributed by atoms with Crippen molar-refractivity contribution >= 4 is 5.97 Å². The highest BCUT2D eigenvalue weighted by atomic mass is 16.5. The first-order chi connectivity index (χ1) is 8.76. The van der Waals surface area contributed by atoms with Gasteiger partial charge in [0.2, 0.25) is 0 Å². The Bertz CT molecular complexity index is 344. The van der Waals surface area contributed by atoms with Gasteiger partial charge < -0.3 is 4.74 Å². The van der Waals surface area contributed by atoms with Gasteiger partial charge in [-0.2, -0.15) is 5.26 Å². The Labute approximate surface area is 109 Å². The summed E-state index contributed by atoms with van der Waals surface area (Å²) in [5.74, 6) is -0.135. The molecule has 1 aliphatic carbocycles. The van der Waals surface area contributed by atoms with E-state index in [1.807, 2.05) is 12.2 Å². The molecule has 0 aromatic rings. The summed E-state index contributed by atoms with van der Waals surface area (Å²) in [5.41, 5.74) is 0. The minimum Gasteiger partial charge on any atom is -0.459 e. The summed E-state index contributed by atoms with van der Waals surface area (Å²) < 4.78 is 5.32. The van der Waals surface area contributed by atoms with Crippen molar-refractivity contribution in [2.45, 2.75) is 51.6 Å². The minimum atomic E-state index is -0.281. The molecule has 98 valence electrons. The lowest BCUT2D eigenvalue weighted by atomic mass is 9.88. The summed E-state index contributed by atoms with van der Waals surface area (Å²) in [6.07, 6.45) is 12.5. The largest absolute Gasteiger partial charge is 0.459 e. The van der Waals surface area contributed by atoms with Crippen LogP contribution in [0.1, 0.15) is 45.4 Å². The van der Waals surface area contributed by atoms with Gasteiger partial charge in [0.25, 0.3) is 0 Å². The van der Waals surface area contributed by atoms with Crippen LogP contribution in [0.3, 0.4) is 0 Å². The van der Waals surface area contributed by atoms with Crippen LogP contribution in [0, 0.1) is 17.2 Å². The van der Waals surface area contributed by atoms with Gasteiger partial charge in [0.15, 0.2) is 0 Å². The maximum Gasteiger partial charge on any atom is 0.331 e. The smallest absolute Gasteiger partial charge is 0.331 e. The molecule has 0 aromatic carbocycles. The Morgan fingerprint density at radius 2 is 2.06 bits per heavy atom. The van der Waals surface area contributed by atoms with Crippen molar-refractivity contribution in [3.8, 4) is 6.07 Å². The monoisotopic (exact) mass is 247 g/mol. The number of nitriles is 1. The van der Waals surface area contributed by atoms with Crippen molar-refractivity contribution in [2.24, 2.45) is 5.92 Å². The minimum absolute atomic E-state index is 0.00799. The molecule has 1 fully saturated rings. The molecule has 0 saturated heterocycles. The second kappa shape index (κ2) is 8.52. The van der Waals surface area contributed by atoms with E-state index in [1.54, 1.807) is 6.08 Å². The van der Waals surface area contributed by atoms with E-state index in [0.717, 1.165) is 38.5 Å². The molecule has 1 saturated carbocycles. The highest BCUT2D eigenvalue weighted by Gasteiger charge is 2.22. The maximum atomic E-state index is 11.5. The van der Waals surface area contributed by atoms with Gasteiger partial charge in [-0.3, -0.25) is 0 Å². The van der Waals surface area contributed by atoms with E-state index in [9.17, 15) is 4.79 Å². The molecular weight excluding hydrogens is 226 g/mol. The maximum absolute atomic E-state index is 11.5. The van der Waals surface area contributed by atoms with Gasteiger partial charge in [-0.25, -0.2) is 4.79 Å². The molecule has 3 heteroatoms. The Balaban J connectivity index is 2.23. The Hall–Kier alpha value is -1.56. The number of allylic oxidation sites excluding steroid dienone is 3. The summed E-state index contributed by atoms with van der Waals surface area (Å²) in [6.45, 7) is 2.11. The van der Waals surface area contributed by atoms with E-state index in [0.29, 0.717) is 0 Å². The summed E-state index contributed by atoms with van der Waals surface area (Å²) in [6, 6.07) is 2.27. The first kappa shape index (κ1) is 14.5. The standard InChI is InChI=1S/C15H21NO2/c1-2-3-4-5-6-7-15(17)18-14-10-8-13(12-16)9-11-14/h4-7,13-14H,2-3,8-11H2,1H3. The van der Waals surface area contributed by atoms with E-state index in [2.05, 4.69) is 13.0 Å². The van der Waals surface area contributed by atoms with Gasteiger partial charge in [-0.05, 0) is 32.1 Å². The number of carbonyl (C=O) groups excluding carboxylic acids is 1. The second-order valence-corrected chi connectivity index (χ2v) is 4.62. The third kappa shape index (κ3) is 5.67. The number of hydrogen-bond acceptors (Lipinski definition) is 3. The fourth-order valence-corrected chi connectivity index (χ4v) is 1.99. The number of nitrogens with zero attached hydrogens (tertiary/aromatic N) is 1. The van der Waals surface area contributed by atoms with Crippen molar-refractivity contribution in [3.63, 3.8) is 0 Å². The SMILES string of the molecule is CCCC=CC=CC(=O)OC1CCC(C#N)CC1. The molecule has 0 amide bonds. The molecule has 0 unspecified atom stereocenters. The molecule has 0 heterocycles. The van der Waals surface area contributed by atoms with E-state index in [4.69, 9.17) is 10.00 Å². The van der Waals surface area contributed by atoms with Crippen molar-refractivity contribution in [1.82, 2.24) is 0 Å². The van der Waals surface area contributed by atoms with Gasteiger partial charge >= 0.3 is 5.97 Å². The van der Waals surface area contributed by atoms with E-state index in [1.165, 1.54) is 6.08 Å². The van der Waals surface area contributed by atoms with Crippen LogP contribution in [0.4, 0.5) is 0 Å². The average molecular weight is 247 g/mol. The van der Waals surface area contributed by atoms with Crippen LogP contribution in [0.15, 0.2) is 24.3 Å². The predicted molar refractivity (Wildman–Crippen MR) is 70.6 cm³/mol. The molecule has 0 aromatic heterocycles. The molecule has 0 bridgehead atoms. The zero-order valence-electron chi connectivity index (χ0n) is 11.0. The van der Waals surface area contributed by atoms with Gasteiger partial charge in [0.05, 0.1) is 6.07 Å². The van der Waals surface area contributed by atoms with Crippen molar-refractivity contribution in [3.05, 3.63) is 24.3 Å². The Morgan fingerprint density at radius 3 is 2.67 bits per heavy atom. The summed E-state index contributed by atoms with van der Waals surface area (Å²) in [4.78, 5) is 11.5. The van der Waals surface area contributed by atoms with Gasteiger partial charge in [-0.1, -0.05) is 31.6 Å². The molecule has 0 spiro atoms. The Morgan fingerprint density at radius 1 is 1.33 bits per heavy atom. The van der Waals surface area contributed by atoms with Crippen LogP contribution in [-0.4, -0.2) is 12.1 Å². The van der Waals surface area contributed by atoms with E-state index < -0.39 is 0 Å². The van der Waals surface area contributed by atoms with Crippen LogP contribution in [-0.2, 0) is 9.53 Å². The average Bonchev–Trinajstić information content (AvgIpc) is 2.39. The Kier molecular flexibility index (Phi) is 6.86. The lowest BCUT2D eigenvalue weighted by Gasteiger charge is -2.24. The molecule has 0 N–H and O–H groups in total. The molecular formula is C15H21NO2. The van der Waals surface area contributed by atoms with Crippen molar-refractivity contribution in [1.29, 1.82) is 5.26 Å². The molecule has 0 aliphatic heterocycles. The fourth-order valence-electron chi connectivity index (χ4n) is 1.99. The first-order valence-electron chi connectivity index (χ1n) is 6.69. The van der Waals surface area contributed by atoms with Crippen LogP contribution < -0.4 is 0 Å². The molecule has 0 radical (unpaired) electrons. The highest BCUT2D eigenvalue weighted by molar-refractivity contribution is 5.82. The van der Waals surface area contributed by atoms with Crippen LogP contribution in [0.25, 0.3) is 0 Å². The fraction of sp³-hybridized carbons (Fsp3) is 0.600. The number of rotatable bonds is 5. The summed E-state index contributed by atoms with van der Waals surface area (Å²) in [5, 5.41) is 8.77. The first-order valence-corrected chi connectivity index (χ1v) is 6.69. The van der Waals surface area contributed by atoms with Crippen molar-refractivity contribution in [2.75, 3.05) is 0 Å². The van der Waals surface area contributed by atoms with Crippen LogP contribution in [0.2, 0.25) is 0 Å². The normalized spacial score (nSPS) is 24.2. The molecule has 3 nitrogen and oxygen atoms in total. The van der Waals surface area contributed by atoms with Crippen LogP contribution in [0.5, 0.6) is 0 Å². The summed E-state index contributed by atoms with van der Waals surface area (Å²) >= 11 is 0. The summed E-state index contributed by atoms with van der Waals surface area (Å²) in [7, 11) is 0. The topological polar surface area (TPSA) is 50.1 Å². The van der Waals surface area contributed by atoms with Crippen LogP contribution >= 0.6 is 0 Å². The third-order valence-corrected chi connectivity index (χ3v) is 3.07. The van der Waals surface area contributed by atoms with Gasteiger partial charge in [-0.15, -0.1) is 0 Å². The number of hydrogen-bond donors (Lipinski definition) is 0. The lowest BCUT2D eigenvalue weighted by molar-refractivity contribution is -0.144. The number of ether oxygens (including phenoxy) is 1. The van der Waals surface area contributed by atoms with Gasteiger partial charge in [0, 0.05) is 12.0 Å². The molecule has 0 atom stereocenters. The zero-order valence-corrected chi connectivity index (χ0v) is 11.0. The molecule has 18 heavy (non-hydrogen) atoms. The van der Waals surface area contributed by atoms with E-state index in [-0.39, 0.29) is 18.0 Å². The number of esters is 1. The predicted octanol–water partition coefficient (Wildman–Crippen LogP) is 3.52. The number of carbonyl (C=O) groups is 1. The number of unbranched alkanes of at least 4 members (excludes halogenated alkanes) is 1. The van der Waals surface area contributed by atoms with Gasteiger partial charge in [0.1, 0.15) is 6.10 Å². The van der Waals surface area contributed by atoms with E-state index >= 15 is 0 Å². The zero-order chi connectivity index (χ0) is 13.2. The highest BCUT2D eigenvalue weighted by Crippen LogP contribution is 2.25. The molecule has 1 aliphatic rings. The molecule has 1 rings (SSSR count).